The Hall–Kier alpha value is -1.14. The van der Waals surface area contributed by atoms with Gasteiger partial charge in [-0.25, -0.2) is 0 Å². The summed E-state index contributed by atoms with van der Waals surface area (Å²) in [4.78, 5) is 18.6. The number of rotatable bonds is 4. The zero-order valence-corrected chi connectivity index (χ0v) is 13.5. The molecule has 3 rings (SSSR count). The van der Waals surface area contributed by atoms with E-state index in [1.165, 1.54) is 30.3 Å². The summed E-state index contributed by atoms with van der Waals surface area (Å²) < 4.78 is 1.04. The minimum atomic E-state index is 0.0316. The van der Waals surface area contributed by atoms with Crippen molar-refractivity contribution in [1.29, 1.82) is 0 Å². The topological polar surface area (TPSA) is 44.7 Å². The Bertz CT molecular complexity index is 524. The van der Waals surface area contributed by atoms with E-state index in [-0.39, 0.29) is 5.91 Å². The van der Waals surface area contributed by atoms with Gasteiger partial charge in [-0.05, 0) is 37.1 Å². The first kappa shape index (κ1) is 14.8. The summed E-state index contributed by atoms with van der Waals surface area (Å²) in [5.74, 6) is 1.51. The molecule has 0 aliphatic carbocycles. The van der Waals surface area contributed by atoms with Gasteiger partial charge in [-0.15, -0.1) is 0 Å². The Labute approximate surface area is 133 Å². The van der Waals surface area contributed by atoms with E-state index in [1.807, 2.05) is 12.1 Å². The molecule has 0 bridgehead atoms. The van der Waals surface area contributed by atoms with E-state index < -0.39 is 0 Å². The van der Waals surface area contributed by atoms with Crippen LogP contribution in [-0.4, -0.2) is 41.4 Å². The third-order valence-corrected chi connectivity index (χ3v) is 5.76. The van der Waals surface area contributed by atoms with E-state index in [4.69, 9.17) is 0 Å². The molecule has 112 valence electrons. The van der Waals surface area contributed by atoms with Crippen molar-refractivity contribution >= 4 is 45.2 Å². The summed E-state index contributed by atoms with van der Waals surface area (Å²) in [6.07, 6.45) is 2.55. The largest absolute Gasteiger partial charge is 0.372 e. The maximum Gasteiger partial charge on any atom is 0.234 e. The molecule has 1 aromatic rings. The number of thioether (sulfide) groups is 2. The van der Waals surface area contributed by atoms with Crippen LogP contribution >= 0.6 is 23.5 Å². The van der Waals surface area contributed by atoms with Gasteiger partial charge < -0.3 is 10.2 Å². The Balaban J connectivity index is 1.48. The van der Waals surface area contributed by atoms with Crippen LogP contribution < -0.4 is 10.2 Å². The lowest BCUT2D eigenvalue weighted by atomic mass is 10.2. The van der Waals surface area contributed by atoms with Gasteiger partial charge in [0.2, 0.25) is 5.91 Å². The standard InChI is InChI=1S/C15H19N3OS2/c19-14(11-21-15-16-7-10-20-15)17-12-3-5-13(6-4-12)18-8-1-2-9-18/h3-6H,1-2,7-11H2,(H,17,19). The molecule has 1 N–H and O–H groups in total. The molecule has 0 aromatic heterocycles. The molecule has 2 heterocycles. The number of aliphatic imine (C=N–C) groups is 1. The highest BCUT2D eigenvalue weighted by Crippen LogP contribution is 2.23. The maximum absolute atomic E-state index is 11.9. The van der Waals surface area contributed by atoms with Crippen molar-refractivity contribution in [3.05, 3.63) is 24.3 Å². The number of amides is 1. The molecule has 1 saturated heterocycles. The monoisotopic (exact) mass is 321 g/mol. The number of carbonyl (C=O) groups excluding carboxylic acids is 1. The zero-order valence-electron chi connectivity index (χ0n) is 11.9. The summed E-state index contributed by atoms with van der Waals surface area (Å²) in [6.45, 7) is 3.16. The molecule has 0 atom stereocenters. The Kier molecular flexibility index (Phi) is 5.08. The SMILES string of the molecule is O=C(CSC1=NCCS1)Nc1ccc(N2CCCC2)cc1. The van der Waals surface area contributed by atoms with Crippen LogP contribution in [0, 0.1) is 0 Å². The highest BCUT2D eigenvalue weighted by Gasteiger charge is 2.13. The lowest BCUT2D eigenvalue weighted by Crippen LogP contribution is -2.18. The van der Waals surface area contributed by atoms with Gasteiger partial charge in [0.1, 0.15) is 4.38 Å². The number of hydrogen-bond acceptors (Lipinski definition) is 5. The molecule has 1 fully saturated rings. The fourth-order valence-corrected chi connectivity index (χ4v) is 4.27. The molecule has 0 spiro atoms. The van der Waals surface area contributed by atoms with Crippen LogP contribution in [0.15, 0.2) is 29.3 Å². The summed E-state index contributed by atoms with van der Waals surface area (Å²) in [5, 5.41) is 2.94. The third kappa shape index (κ3) is 4.17. The van der Waals surface area contributed by atoms with E-state index in [9.17, 15) is 4.79 Å². The number of anilines is 2. The second-order valence-electron chi connectivity index (χ2n) is 5.07. The van der Waals surface area contributed by atoms with E-state index in [0.717, 1.165) is 35.5 Å². The fraction of sp³-hybridized carbons (Fsp3) is 0.467. The summed E-state index contributed by atoms with van der Waals surface area (Å²) in [6, 6.07) is 8.14. The molecule has 2 aliphatic heterocycles. The van der Waals surface area contributed by atoms with Gasteiger partial charge in [-0.2, -0.15) is 0 Å². The predicted octanol–water partition coefficient (Wildman–Crippen LogP) is 3.06. The van der Waals surface area contributed by atoms with Gasteiger partial charge in [0.25, 0.3) is 0 Å². The van der Waals surface area contributed by atoms with Crippen LogP contribution in [0.5, 0.6) is 0 Å². The minimum Gasteiger partial charge on any atom is -0.372 e. The predicted molar refractivity (Wildman–Crippen MR) is 93.7 cm³/mol. The first-order valence-electron chi connectivity index (χ1n) is 7.26. The quantitative estimate of drug-likeness (QED) is 0.926. The number of nitrogens with one attached hydrogen (secondary N) is 1. The smallest absolute Gasteiger partial charge is 0.234 e. The molecule has 0 saturated carbocycles. The van der Waals surface area contributed by atoms with Crippen LogP contribution in [0.25, 0.3) is 0 Å². The zero-order chi connectivity index (χ0) is 14.5. The molecule has 1 amide bonds. The van der Waals surface area contributed by atoms with Crippen LogP contribution in [0.3, 0.4) is 0 Å². The first-order chi connectivity index (χ1) is 10.3. The van der Waals surface area contributed by atoms with Crippen LogP contribution in [0.2, 0.25) is 0 Å². The molecule has 2 aliphatic rings. The van der Waals surface area contributed by atoms with Crippen molar-refractivity contribution in [3.63, 3.8) is 0 Å². The lowest BCUT2D eigenvalue weighted by molar-refractivity contribution is -0.113. The average molecular weight is 321 g/mol. The van der Waals surface area contributed by atoms with Crippen molar-refractivity contribution in [1.82, 2.24) is 0 Å². The van der Waals surface area contributed by atoms with Gasteiger partial charge in [-0.1, -0.05) is 23.5 Å². The van der Waals surface area contributed by atoms with Gasteiger partial charge in [0.05, 0.1) is 12.3 Å². The second-order valence-corrected chi connectivity index (χ2v) is 7.38. The lowest BCUT2D eigenvalue weighted by Gasteiger charge is -2.17. The molecule has 1 aromatic carbocycles. The number of hydrogen-bond donors (Lipinski definition) is 1. The Morgan fingerprint density at radius 3 is 2.71 bits per heavy atom. The van der Waals surface area contributed by atoms with Crippen molar-refractivity contribution in [2.24, 2.45) is 4.99 Å². The summed E-state index contributed by atoms with van der Waals surface area (Å²) in [5.41, 5.74) is 2.11. The maximum atomic E-state index is 11.9. The highest BCUT2D eigenvalue weighted by molar-refractivity contribution is 8.39. The van der Waals surface area contributed by atoms with Crippen LogP contribution in [0.1, 0.15) is 12.8 Å². The van der Waals surface area contributed by atoms with Crippen molar-refractivity contribution in [3.8, 4) is 0 Å². The average Bonchev–Trinajstić information content (AvgIpc) is 3.19. The number of nitrogens with zero attached hydrogens (tertiary/aromatic N) is 2. The molecule has 4 nitrogen and oxygen atoms in total. The molecule has 21 heavy (non-hydrogen) atoms. The molecule has 0 radical (unpaired) electrons. The van der Waals surface area contributed by atoms with Crippen molar-refractivity contribution in [2.45, 2.75) is 12.8 Å². The fourth-order valence-electron chi connectivity index (χ4n) is 2.46. The van der Waals surface area contributed by atoms with Gasteiger partial charge in [0.15, 0.2) is 0 Å². The summed E-state index contributed by atoms with van der Waals surface area (Å²) in [7, 11) is 0. The van der Waals surface area contributed by atoms with Gasteiger partial charge >= 0.3 is 0 Å². The van der Waals surface area contributed by atoms with Crippen molar-refractivity contribution in [2.75, 3.05) is 41.4 Å². The normalized spacial score (nSPS) is 17.9. The highest BCUT2D eigenvalue weighted by atomic mass is 32.2. The van der Waals surface area contributed by atoms with Crippen molar-refractivity contribution < 1.29 is 4.79 Å². The van der Waals surface area contributed by atoms with E-state index >= 15 is 0 Å². The first-order valence-corrected chi connectivity index (χ1v) is 9.23. The third-order valence-electron chi connectivity index (χ3n) is 3.51. The summed E-state index contributed by atoms with van der Waals surface area (Å²) >= 11 is 3.26. The molecular weight excluding hydrogens is 302 g/mol. The molecule has 6 heteroatoms. The van der Waals surface area contributed by atoms with Crippen LogP contribution in [-0.2, 0) is 4.79 Å². The Morgan fingerprint density at radius 1 is 1.29 bits per heavy atom. The minimum absolute atomic E-state index is 0.0316. The molecular formula is C15H19N3OS2. The van der Waals surface area contributed by atoms with E-state index in [2.05, 4.69) is 27.3 Å². The molecule has 0 unspecified atom stereocenters. The van der Waals surface area contributed by atoms with E-state index in [0.29, 0.717) is 5.75 Å². The van der Waals surface area contributed by atoms with Gasteiger partial charge in [0, 0.05) is 30.2 Å². The Morgan fingerprint density at radius 2 is 2.05 bits per heavy atom. The number of carbonyl (C=O) groups is 1. The van der Waals surface area contributed by atoms with Crippen LogP contribution in [0.4, 0.5) is 11.4 Å². The number of benzene rings is 1. The second kappa shape index (κ2) is 7.22. The van der Waals surface area contributed by atoms with E-state index in [1.54, 1.807) is 11.8 Å². The van der Waals surface area contributed by atoms with Gasteiger partial charge in [-0.3, -0.25) is 9.79 Å².